The van der Waals surface area contributed by atoms with Gasteiger partial charge in [0.1, 0.15) is 5.69 Å². The van der Waals surface area contributed by atoms with Gasteiger partial charge >= 0.3 is 0 Å². The van der Waals surface area contributed by atoms with Crippen LogP contribution in [0.3, 0.4) is 0 Å². The van der Waals surface area contributed by atoms with Crippen molar-refractivity contribution in [3.05, 3.63) is 52.3 Å². The second-order valence-electron chi connectivity index (χ2n) is 7.74. The number of thiophene rings is 1. The summed E-state index contributed by atoms with van der Waals surface area (Å²) in [6.07, 6.45) is 5.75. The molecule has 29 heavy (non-hydrogen) atoms. The standard InChI is InChI=1S/C21H25ClN4O2S/c1-14(2)26-9-6-16(7-10-26)23-21(27)15-5-8-25(12-15)13-17-11-18(28-24-17)19-3-4-20(22)29-19/h3-5,8,11-12,14,16H,6-7,9-10,13H2,1-2H3,(H,23,27). The van der Waals surface area contributed by atoms with E-state index in [4.69, 9.17) is 16.1 Å². The Kier molecular flexibility index (Phi) is 6.08. The van der Waals surface area contributed by atoms with E-state index in [9.17, 15) is 4.79 Å². The zero-order valence-corrected chi connectivity index (χ0v) is 18.2. The van der Waals surface area contributed by atoms with Gasteiger partial charge in [0.25, 0.3) is 5.91 Å². The van der Waals surface area contributed by atoms with Gasteiger partial charge in [-0.25, -0.2) is 0 Å². The number of carbonyl (C=O) groups excluding carboxylic acids is 1. The molecular formula is C21H25ClN4O2S. The van der Waals surface area contributed by atoms with Gasteiger partial charge in [0.15, 0.2) is 5.76 Å². The van der Waals surface area contributed by atoms with Crippen LogP contribution in [0.25, 0.3) is 10.6 Å². The third-order valence-electron chi connectivity index (χ3n) is 5.33. The lowest BCUT2D eigenvalue weighted by Crippen LogP contribution is -2.46. The number of piperidine rings is 1. The summed E-state index contributed by atoms with van der Waals surface area (Å²) in [5.41, 5.74) is 1.47. The molecule has 0 unspecified atom stereocenters. The summed E-state index contributed by atoms with van der Waals surface area (Å²) < 4.78 is 8.08. The average Bonchev–Trinajstić information content (AvgIpc) is 3.43. The van der Waals surface area contributed by atoms with Crippen molar-refractivity contribution in [2.75, 3.05) is 13.1 Å². The third-order valence-corrected chi connectivity index (χ3v) is 6.57. The Labute approximate surface area is 179 Å². The van der Waals surface area contributed by atoms with Crippen LogP contribution in [0.15, 0.2) is 41.2 Å². The number of nitrogens with zero attached hydrogens (tertiary/aromatic N) is 3. The summed E-state index contributed by atoms with van der Waals surface area (Å²) >= 11 is 7.44. The molecule has 0 aromatic carbocycles. The molecule has 0 saturated carbocycles. The Morgan fingerprint density at radius 1 is 1.34 bits per heavy atom. The first-order chi connectivity index (χ1) is 14.0. The number of likely N-dealkylation sites (tertiary alicyclic amines) is 1. The largest absolute Gasteiger partial charge is 0.355 e. The van der Waals surface area contributed by atoms with Gasteiger partial charge in [-0.2, -0.15) is 0 Å². The first kappa shape index (κ1) is 20.2. The van der Waals surface area contributed by atoms with E-state index in [0.29, 0.717) is 28.2 Å². The molecule has 6 nitrogen and oxygen atoms in total. The highest BCUT2D eigenvalue weighted by molar-refractivity contribution is 7.19. The second kappa shape index (κ2) is 8.73. The predicted molar refractivity (Wildman–Crippen MR) is 116 cm³/mol. The maximum absolute atomic E-state index is 12.6. The van der Waals surface area contributed by atoms with Crippen molar-refractivity contribution >= 4 is 28.8 Å². The Hall–Kier alpha value is -2.09. The van der Waals surface area contributed by atoms with E-state index >= 15 is 0 Å². The maximum Gasteiger partial charge on any atom is 0.253 e. The molecule has 0 radical (unpaired) electrons. The van der Waals surface area contributed by atoms with E-state index in [1.165, 1.54) is 11.3 Å². The Morgan fingerprint density at radius 3 is 2.83 bits per heavy atom. The van der Waals surface area contributed by atoms with E-state index in [-0.39, 0.29) is 11.9 Å². The molecule has 0 bridgehead atoms. The molecule has 1 saturated heterocycles. The highest BCUT2D eigenvalue weighted by atomic mass is 35.5. The van der Waals surface area contributed by atoms with Crippen LogP contribution in [0.4, 0.5) is 0 Å². The molecule has 154 valence electrons. The van der Waals surface area contributed by atoms with Crippen LogP contribution in [0.2, 0.25) is 4.34 Å². The summed E-state index contributed by atoms with van der Waals surface area (Å²) in [6, 6.07) is 8.32. The zero-order chi connectivity index (χ0) is 20.4. The van der Waals surface area contributed by atoms with Gasteiger partial charge < -0.3 is 19.3 Å². The Balaban J connectivity index is 1.33. The second-order valence-corrected chi connectivity index (χ2v) is 9.45. The van der Waals surface area contributed by atoms with Crippen molar-refractivity contribution < 1.29 is 9.32 Å². The molecule has 1 aliphatic heterocycles. The molecule has 1 aliphatic rings. The Bertz CT molecular complexity index is 969. The lowest BCUT2D eigenvalue weighted by atomic mass is 10.0. The monoisotopic (exact) mass is 432 g/mol. The van der Waals surface area contributed by atoms with Crippen LogP contribution in [0.5, 0.6) is 0 Å². The molecule has 1 amide bonds. The van der Waals surface area contributed by atoms with Crippen LogP contribution in [-0.2, 0) is 6.54 Å². The van der Waals surface area contributed by atoms with Gasteiger partial charge in [-0.3, -0.25) is 4.79 Å². The molecule has 1 fully saturated rings. The fourth-order valence-electron chi connectivity index (χ4n) is 3.64. The summed E-state index contributed by atoms with van der Waals surface area (Å²) in [4.78, 5) is 16.0. The number of hydrogen-bond donors (Lipinski definition) is 1. The van der Waals surface area contributed by atoms with Crippen molar-refractivity contribution in [2.24, 2.45) is 0 Å². The molecule has 8 heteroatoms. The first-order valence-corrected chi connectivity index (χ1v) is 11.1. The fraction of sp³-hybridized carbons (Fsp3) is 0.429. The van der Waals surface area contributed by atoms with Crippen molar-refractivity contribution in [3.63, 3.8) is 0 Å². The quantitative estimate of drug-likeness (QED) is 0.622. The SMILES string of the molecule is CC(C)N1CCC(NC(=O)c2ccn(Cc3cc(-c4ccc(Cl)s4)on3)c2)CC1. The number of carbonyl (C=O) groups is 1. The number of rotatable bonds is 6. The lowest BCUT2D eigenvalue weighted by molar-refractivity contribution is 0.0900. The summed E-state index contributed by atoms with van der Waals surface area (Å²) in [6.45, 7) is 7.05. The van der Waals surface area contributed by atoms with Crippen molar-refractivity contribution in [1.82, 2.24) is 19.9 Å². The molecule has 4 rings (SSSR count). The van der Waals surface area contributed by atoms with Crippen LogP contribution < -0.4 is 5.32 Å². The highest BCUT2D eigenvalue weighted by Crippen LogP contribution is 2.31. The number of nitrogens with one attached hydrogen (secondary N) is 1. The van der Waals surface area contributed by atoms with Crippen LogP contribution in [0.1, 0.15) is 42.7 Å². The fourth-order valence-corrected chi connectivity index (χ4v) is 4.63. The molecule has 3 aromatic rings. The van der Waals surface area contributed by atoms with E-state index in [2.05, 4.69) is 29.2 Å². The minimum absolute atomic E-state index is 0.0131. The molecule has 3 aromatic heterocycles. The van der Waals surface area contributed by atoms with Crippen LogP contribution in [0, 0.1) is 0 Å². The van der Waals surface area contributed by atoms with E-state index in [1.807, 2.05) is 41.2 Å². The van der Waals surface area contributed by atoms with Gasteiger partial charge in [-0.05, 0) is 44.9 Å². The predicted octanol–water partition coefficient (Wildman–Crippen LogP) is 4.51. The molecular weight excluding hydrogens is 408 g/mol. The van der Waals surface area contributed by atoms with E-state index < -0.39 is 0 Å². The Morgan fingerprint density at radius 2 is 2.14 bits per heavy atom. The lowest BCUT2D eigenvalue weighted by Gasteiger charge is -2.34. The summed E-state index contributed by atoms with van der Waals surface area (Å²) in [7, 11) is 0. The molecule has 0 aliphatic carbocycles. The van der Waals surface area contributed by atoms with Gasteiger partial charge in [-0.1, -0.05) is 16.8 Å². The van der Waals surface area contributed by atoms with E-state index in [1.54, 1.807) is 0 Å². The number of aromatic nitrogens is 2. The smallest absolute Gasteiger partial charge is 0.253 e. The summed E-state index contributed by atoms with van der Waals surface area (Å²) in [5, 5.41) is 7.30. The van der Waals surface area contributed by atoms with E-state index in [0.717, 1.165) is 36.5 Å². The number of amides is 1. The minimum atomic E-state index is -0.0131. The summed E-state index contributed by atoms with van der Waals surface area (Å²) in [5.74, 6) is 0.690. The highest BCUT2D eigenvalue weighted by Gasteiger charge is 2.22. The molecule has 0 atom stereocenters. The third kappa shape index (κ3) is 4.91. The first-order valence-electron chi connectivity index (χ1n) is 9.90. The van der Waals surface area contributed by atoms with Gasteiger partial charge in [-0.15, -0.1) is 11.3 Å². The van der Waals surface area contributed by atoms with Crippen LogP contribution >= 0.6 is 22.9 Å². The average molecular weight is 433 g/mol. The molecule has 0 spiro atoms. The zero-order valence-electron chi connectivity index (χ0n) is 16.6. The molecule has 1 N–H and O–H groups in total. The molecule has 4 heterocycles. The van der Waals surface area contributed by atoms with Crippen molar-refractivity contribution in [3.8, 4) is 10.6 Å². The minimum Gasteiger partial charge on any atom is -0.355 e. The van der Waals surface area contributed by atoms with Gasteiger partial charge in [0.2, 0.25) is 0 Å². The number of hydrogen-bond acceptors (Lipinski definition) is 5. The number of halogens is 1. The topological polar surface area (TPSA) is 63.3 Å². The van der Waals surface area contributed by atoms with Gasteiger partial charge in [0, 0.05) is 43.6 Å². The van der Waals surface area contributed by atoms with Crippen LogP contribution in [-0.4, -0.2) is 45.7 Å². The van der Waals surface area contributed by atoms with Crippen molar-refractivity contribution in [1.29, 1.82) is 0 Å². The van der Waals surface area contributed by atoms with Crippen molar-refractivity contribution in [2.45, 2.75) is 45.3 Å². The normalized spacial score (nSPS) is 15.9. The van der Waals surface area contributed by atoms with Gasteiger partial charge in [0.05, 0.1) is 21.3 Å². The maximum atomic E-state index is 12.6.